The highest BCUT2D eigenvalue weighted by Crippen LogP contribution is 2.30. The smallest absolute Gasteiger partial charge is 0.357 e. The third-order valence-electron chi connectivity index (χ3n) is 4.21. The van der Waals surface area contributed by atoms with Gasteiger partial charge >= 0.3 is 6.18 Å². The third-order valence-corrected chi connectivity index (χ3v) is 5.93. The monoisotopic (exact) mass is 573 g/mol. The van der Waals surface area contributed by atoms with Gasteiger partial charge in [-0.3, -0.25) is 4.99 Å². The largest absolute Gasteiger partial charge is 0.416 e. The van der Waals surface area contributed by atoms with Gasteiger partial charge in [0.2, 0.25) is 0 Å². The van der Waals surface area contributed by atoms with Crippen molar-refractivity contribution in [2.24, 2.45) is 4.99 Å². The highest BCUT2D eigenvalue weighted by atomic mass is 127. The number of nitrogens with zero attached hydrogens (tertiary/aromatic N) is 1. The van der Waals surface area contributed by atoms with E-state index in [2.05, 4.69) is 15.6 Å². The summed E-state index contributed by atoms with van der Waals surface area (Å²) < 4.78 is 77.1. The van der Waals surface area contributed by atoms with Crippen molar-refractivity contribution in [1.82, 2.24) is 10.6 Å². The van der Waals surface area contributed by atoms with Gasteiger partial charge in [0.1, 0.15) is 10.7 Å². The highest BCUT2D eigenvalue weighted by molar-refractivity contribution is 14.0. The second-order valence-electron chi connectivity index (χ2n) is 6.50. The number of alkyl halides is 3. The van der Waals surface area contributed by atoms with Crippen LogP contribution in [0.2, 0.25) is 0 Å². The summed E-state index contributed by atoms with van der Waals surface area (Å²) in [6, 6.07) is 9.48. The minimum atomic E-state index is -4.45. The van der Waals surface area contributed by atoms with Crippen LogP contribution in [0, 0.1) is 5.82 Å². The normalized spacial score (nSPS) is 13.3. The molecule has 0 aliphatic rings. The van der Waals surface area contributed by atoms with Gasteiger partial charge < -0.3 is 10.6 Å². The van der Waals surface area contributed by atoms with Gasteiger partial charge in [0.05, 0.1) is 23.9 Å². The molecule has 0 spiro atoms. The molecular weight excluding hydrogens is 549 g/mol. The molecule has 0 radical (unpaired) electrons. The third kappa shape index (κ3) is 7.95. The molecule has 0 saturated carbocycles. The molecule has 2 N–H and O–H groups in total. The first-order chi connectivity index (χ1) is 14.0. The Morgan fingerprint density at radius 1 is 1.13 bits per heavy atom. The molecule has 1 unspecified atom stereocenters. The van der Waals surface area contributed by atoms with E-state index in [1.165, 1.54) is 24.3 Å². The first kappa shape index (κ1) is 27.1. The molecule has 2 aromatic carbocycles. The van der Waals surface area contributed by atoms with Crippen LogP contribution >= 0.6 is 24.0 Å². The van der Waals surface area contributed by atoms with Crippen molar-refractivity contribution >= 4 is 39.8 Å². The van der Waals surface area contributed by atoms with Crippen LogP contribution < -0.4 is 10.6 Å². The van der Waals surface area contributed by atoms with Crippen LogP contribution in [0.25, 0.3) is 0 Å². The van der Waals surface area contributed by atoms with E-state index < -0.39 is 44.1 Å². The molecule has 0 aliphatic heterocycles. The second-order valence-corrected chi connectivity index (χ2v) is 8.58. The Morgan fingerprint density at radius 3 is 2.42 bits per heavy atom. The Bertz CT molecular complexity index is 998. The molecule has 0 saturated heterocycles. The van der Waals surface area contributed by atoms with Crippen LogP contribution in [0.4, 0.5) is 17.6 Å². The van der Waals surface area contributed by atoms with Crippen molar-refractivity contribution in [3.63, 3.8) is 0 Å². The summed E-state index contributed by atoms with van der Waals surface area (Å²) in [5, 5.41) is 5.87. The van der Waals surface area contributed by atoms with E-state index in [1.807, 2.05) is 0 Å². The molecule has 2 aromatic rings. The molecule has 0 aliphatic carbocycles. The summed E-state index contributed by atoms with van der Waals surface area (Å²) in [6.45, 7) is 3.77. The average molecular weight is 573 g/mol. The zero-order valence-corrected chi connectivity index (χ0v) is 20.1. The molecule has 5 nitrogen and oxygen atoms in total. The number of sulfone groups is 1. The Morgan fingerprint density at radius 2 is 1.81 bits per heavy atom. The second kappa shape index (κ2) is 11.7. The van der Waals surface area contributed by atoms with E-state index in [9.17, 15) is 26.0 Å². The summed E-state index contributed by atoms with van der Waals surface area (Å²) in [5.41, 5.74) is -0.360. The lowest BCUT2D eigenvalue weighted by Crippen LogP contribution is -2.39. The lowest BCUT2D eigenvalue weighted by atomic mass is 10.1. The summed E-state index contributed by atoms with van der Waals surface area (Å²) in [5.74, 6) is -1.00. The summed E-state index contributed by atoms with van der Waals surface area (Å²) in [7, 11) is -3.87. The number of rotatable bonds is 7. The number of aliphatic imine (C=N–C) groups is 1. The number of guanidine groups is 1. The number of hydrogen-bond donors (Lipinski definition) is 2. The maximum Gasteiger partial charge on any atom is 0.416 e. The fourth-order valence-electron chi connectivity index (χ4n) is 2.68. The summed E-state index contributed by atoms with van der Waals surface area (Å²) >= 11 is 0. The fourth-order valence-corrected chi connectivity index (χ4v) is 3.88. The number of hydrogen-bond acceptors (Lipinski definition) is 3. The Balaban J connectivity index is 0.00000480. The zero-order chi connectivity index (χ0) is 22.4. The van der Waals surface area contributed by atoms with Gasteiger partial charge in [0.15, 0.2) is 15.8 Å². The summed E-state index contributed by atoms with van der Waals surface area (Å²) in [4.78, 5) is 3.77. The Kier molecular flexibility index (Phi) is 10.2. The van der Waals surface area contributed by atoms with Gasteiger partial charge in [-0.05, 0) is 43.7 Å². The molecular formula is C20H24F4IN3O2S. The predicted octanol–water partition coefficient (Wildman–Crippen LogP) is 4.55. The van der Waals surface area contributed by atoms with Crippen LogP contribution in [0.15, 0.2) is 58.4 Å². The van der Waals surface area contributed by atoms with Crippen molar-refractivity contribution in [3.05, 3.63) is 65.5 Å². The first-order valence-electron chi connectivity index (χ1n) is 9.24. The van der Waals surface area contributed by atoms with Crippen LogP contribution in [0.5, 0.6) is 0 Å². The highest BCUT2D eigenvalue weighted by Gasteiger charge is 2.30. The van der Waals surface area contributed by atoms with Crippen molar-refractivity contribution in [3.8, 4) is 0 Å². The SMILES string of the molecule is CCNC(=NCCS(=O)(=O)c1ccccc1F)NC(C)c1cccc(C(F)(F)F)c1.I. The molecule has 0 heterocycles. The van der Waals surface area contributed by atoms with Gasteiger partial charge in [-0.15, -0.1) is 24.0 Å². The Hall–Kier alpha value is -1.89. The molecule has 11 heteroatoms. The first-order valence-corrected chi connectivity index (χ1v) is 10.9. The fraction of sp³-hybridized carbons (Fsp3) is 0.350. The lowest BCUT2D eigenvalue weighted by Gasteiger charge is -2.19. The van der Waals surface area contributed by atoms with Crippen molar-refractivity contribution in [1.29, 1.82) is 0 Å². The molecule has 0 aromatic heterocycles. The van der Waals surface area contributed by atoms with E-state index in [0.717, 1.165) is 18.2 Å². The summed E-state index contributed by atoms with van der Waals surface area (Å²) in [6.07, 6.45) is -4.45. The van der Waals surface area contributed by atoms with E-state index in [1.54, 1.807) is 19.9 Å². The van der Waals surface area contributed by atoms with E-state index in [-0.39, 0.29) is 36.5 Å². The number of halogens is 5. The van der Waals surface area contributed by atoms with Crippen molar-refractivity contribution < 1.29 is 26.0 Å². The van der Waals surface area contributed by atoms with Crippen molar-refractivity contribution in [2.45, 2.75) is 31.0 Å². The maximum atomic E-state index is 13.7. The average Bonchev–Trinajstić information content (AvgIpc) is 2.67. The minimum absolute atomic E-state index is 0. The van der Waals surface area contributed by atoms with Gasteiger partial charge in [-0.1, -0.05) is 24.3 Å². The molecule has 0 amide bonds. The van der Waals surface area contributed by atoms with Crippen LogP contribution in [0.1, 0.15) is 31.0 Å². The van der Waals surface area contributed by atoms with Gasteiger partial charge in [-0.2, -0.15) is 13.2 Å². The van der Waals surface area contributed by atoms with Gasteiger partial charge in [0, 0.05) is 6.54 Å². The van der Waals surface area contributed by atoms with E-state index in [4.69, 9.17) is 0 Å². The number of nitrogens with one attached hydrogen (secondary N) is 2. The Labute approximate surface area is 196 Å². The van der Waals surface area contributed by atoms with E-state index >= 15 is 0 Å². The molecule has 2 rings (SSSR count). The van der Waals surface area contributed by atoms with Gasteiger partial charge in [0.25, 0.3) is 0 Å². The standard InChI is InChI=1S/C20H23F4N3O2S.HI/c1-3-25-19(26-11-12-30(28,29)18-10-5-4-9-17(18)21)27-14(2)15-7-6-8-16(13-15)20(22,23)24;/h4-10,13-14H,3,11-12H2,1-2H3,(H2,25,26,27);1H. The predicted molar refractivity (Wildman–Crippen MR) is 123 cm³/mol. The molecule has 0 bridgehead atoms. The topological polar surface area (TPSA) is 70.6 Å². The zero-order valence-electron chi connectivity index (χ0n) is 16.9. The lowest BCUT2D eigenvalue weighted by molar-refractivity contribution is -0.137. The molecule has 31 heavy (non-hydrogen) atoms. The molecule has 0 fully saturated rings. The van der Waals surface area contributed by atoms with Crippen LogP contribution in [-0.4, -0.2) is 33.2 Å². The minimum Gasteiger partial charge on any atom is -0.357 e. The van der Waals surface area contributed by atoms with Crippen LogP contribution in [0.3, 0.4) is 0 Å². The molecule has 1 atom stereocenters. The van der Waals surface area contributed by atoms with Crippen molar-refractivity contribution in [2.75, 3.05) is 18.8 Å². The number of benzene rings is 2. The van der Waals surface area contributed by atoms with Crippen LogP contribution in [-0.2, 0) is 16.0 Å². The van der Waals surface area contributed by atoms with E-state index in [0.29, 0.717) is 12.1 Å². The maximum absolute atomic E-state index is 13.7. The molecule has 172 valence electrons. The van der Waals surface area contributed by atoms with Gasteiger partial charge in [-0.25, -0.2) is 12.8 Å². The quantitative estimate of drug-likeness (QED) is 0.221.